The monoisotopic (exact) mass is 497 g/mol. The number of esters is 1. The van der Waals surface area contributed by atoms with Gasteiger partial charge in [0.15, 0.2) is 0 Å². The molecule has 0 unspecified atom stereocenters. The Bertz CT molecular complexity index is 1200. The number of rotatable bonds is 9. The molecule has 0 aromatic heterocycles. The van der Waals surface area contributed by atoms with E-state index >= 15 is 0 Å². The fraction of sp³-hybridized carbons (Fsp3) is 0.161. The summed E-state index contributed by atoms with van der Waals surface area (Å²) in [6, 6.07) is 36.4. The van der Waals surface area contributed by atoms with Crippen molar-refractivity contribution in [2.24, 2.45) is 0 Å². The van der Waals surface area contributed by atoms with Gasteiger partial charge in [0, 0.05) is 17.9 Å². The Hall–Kier alpha value is -3.89. The van der Waals surface area contributed by atoms with Gasteiger partial charge in [0.1, 0.15) is 6.04 Å². The van der Waals surface area contributed by atoms with Crippen LogP contribution in [0.15, 0.2) is 115 Å². The Balaban J connectivity index is 1.73. The van der Waals surface area contributed by atoms with E-state index in [0.717, 1.165) is 22.3 Å². The summed E-state index contributed by atoms with van der Waals surface area (Å²) in [6.45, 7) is 0. The summed E-state index contributed by atoms with van der Waals surface area (Å²) in [5, 5.41) is 3.51. The molecule has 0 fully saturated rings. The van der Waals surface area contributed by atoms with Gasteiger partial charge in [-0.15, -0.1) is 0 Å². The Morgan fingerprint density at radius 1 is 0.778 bits per heavy atom. The average Bonchev–Trinajstić information content (AvgIpc) is 2.92. The molecule has 5 heteroatoms. The minimum atomic E-state index is -0.846. The molecular weight excluding hydrogens is 470 g/mol. The van der Waals surface area contributed by atoms with Crippen LogP contribution < -0.4 is 5.32 Å². The molecule has 0 heterocycles. The quantitative estimate of drug-likeness (QED) is 0.229. The van der Waals surface area contributed by atoms with Crippen LogP contribution in [0.1, 0.15) is 28.7 Å². The lowest BCUT2D eigenvalue weighted by Gasteiger charge is -2.36. The predicted molar refractivity (Wildman–Crippen MR) is 143 cm³/mol. The number of halogens is 1. The third-order valence-corrected chi connectivity index (χ3v) is 6.61. The van der Waals surface area contributed by atoms with E-state index in [0.29, 0.717) is 5.02 Å². The third kappa shape index (κ3) is 5.67. The molecule has 0 radical (unpaired) electrons. The van der Waals surface area contributed by atoms with Gasteiger partial charge in [0.2, 0.25) is 5.91 Å². The highest BCUT2D eigenvalue weighted by Gasteiger charge is 2.39. The molecule has 4 aromatic rings. The lowest BCUT2D eigenvalue weighted by Crippen LogP contribution is -2.46. The zero-order chi connectivity index (χ0) is 25.4. The first-order valence-electron chi connectivity index (χ1n) is 11.8. The highest BCUT2D eigenvalue weighted by Crippen LogP contribution is 2.42. The van der Waals surface area contributed by atoms with Crippen molar-refractivity contribution in [3.05, 3.63) is 143 Å². The summed E-state index contributed by atoms with van der Waals surface area (Å²) in [5.41, 5.74) is 3.04. The molecule has 182 valence electrons. The number of carbonyl (C=O) groups excluding carboxylic acids is 2. The number of methoxy groups -OCH3 is 1. The fourth-order valence-corrected chi connectivity index (χ4v) is 4.91. The van der Waals surface area contributed by atoms with Crippen LogP contribution in [0.3, 0.4) is 0 Å². The van der Waals surface area contributed by atoms with Crippen molar-refractivity contribution in [3.63, 3.8) is 0 Å². The van der Waals surface area contributed by atoms with Gasteiger partial charge in [-0.3, -0.25) is 4.79 Å². The number of carbonyl (C=O) groups is 2. The molecule has 0 aliphatic rings. The number of nitrogens with one attached hydrogen (secondary N) is 1. The molecule has 4 aromatic carbocycles. The molecule has 0 aliphatic heterocycles. The van der Waals surface area contributed by atoms with Crippen LogP contribution in [0.4, 0.5) is 0 Å². The molecule has 1 N–H and O–H groups in total. The summed E-state index contributed by atoms with van der Waals surface area (Å²) < 4.78 is 5.01. The van der Waals surface area contributed by atoms with E-state index in [2.05, 4.69) is 5.32 Å². The van der Waals surface area contributed by atoms with Crippen LogP contribution in [0.25, 0.3) is 0 Å². The smallest absolute Gasteiger partial charge is 0.328 e. The number of ether oxygens (including phenoxy) is 1. The minimum Gasteiger partial charge on any atom is -0.467 e. The van der Waals surface area contributed by atoms with E-state index in [4.69, 9.17) is 16.3 Å². The zero-order valence-electron chi connectivity index (χ0n) is 20.1. The highest BCUT2D eigenvalue weighted by atomic mass is 35.5. The van der Waals surface area contributed by atoms with Crippen molar-refractivity contribution < 1.29 is 14.3 Å². The Labute approximate surface area is 216 Å². The van der Waals surface area contributed by atoms with Crippen molar-refractivity contribution in [3.8, 4) is 0 Å². The zero-order valence-corrected chi connectivity index (χ0v) is 20.8. The average molecular weight is 498 g/mol. The first-order valence-corrected chi connectivity index (χ1v) is 12.2. The van der Waals surface area contributed by atoms with Crippen LogP contribution in [-0.2, 0) is 26.2 Å². The summed E-state index contributed by atoms with van der Waals surface area (Å²) >= 11 is 6.13. The molecule has 4 nitrogen and oxygen atoms in total. The van der Waals surface area contributed by atoms with E-state index in [1.54, 1.807) is 12.1 Å². The van der Waals surface area contributed by atoms with E-state index in [9.17, 15) is 9.59 Å². The molecule has 0 spiro atoms. The maximum atomic E-state index is 13.7. The largest absolute Gasteiger partial charge is 0.467 e. The van der Waals surface area contributed by atoms with Crippen LogP contribution in [0.5, 0.6) is 0 Å². The lowest BCUT2D eigenvalue weighted by molar-refractivity contribution is -0.145. The summed E-state index contributed by atoms with van der Waals surface area (Å²) in [6.07, 6.45) is 0.377. The van der Waals surface area contributed by atoms with Crippen molar-refractivity contribution in [1.82, 2.24) is 5.32 Å². The number of amides is 1. The molecule has 1 atom stereocenters. The van der Waals surface area contributed by atoms with Gasteiger partial charge >= 0.3 is 5.97 Å². The summed E-state index contributed by atoms with van der Waals surface area (Å²) in [7, 11) is 1.32. The summed E-state index contributed by atoms with van der Waals surface area (Å²) in [5.74, 6) is -0.767. The van der Waals surface area contributed by atoms with E-state index in [1.165, 1.54) is 7.11 Å². The van der Waals surface area contributed by atoms with Gasteiger partial charge in [-0.1, -0.05) is 115 Å². The SMILES string of the molecule is COC(=O)[C@H](Cc1cccc(Cl)c1)NC(=O)CC(c1ccccc1)(c1ccccc1)c1ccccc1. The highest BCUT2D eigenvalue weighted by molar-refractivity contribution is 6.30. The molecule has 0 aliphatic carbocycles. The van der Waals surface area contributed by atoms with Crippen LogP contribution in [0.2, 0.25) is 5.02 Å². The third-order valence-electron chi connectivity index (χ3n) is 6.38. The molecular formula is C31H28ClNO3. The fourth-order valence-electron chi connectivity index (χ4n) is 4.70. The molecule has 0 bridgehead atoms. The molecule has 1 amide bonds. The van der Waals surface area contributed by atoms with Crippen LogP contribution in [0, 0.1) is 0 Å². The topological polar surface area (TPSA) is 55.4 Å². The van der Waals surface area contributed by atoms with Gasteiger partial charge in [0.25, 0.3) is 0 Å². The van der Waals surface area contributed by atoms with E-state index in [-0.39, 0.29) is 18.7 Å². The number of benzene rings is 4. The van der Waals surface area contributed by atoms with Crippen molar-refractivity contribution >= 4 is 23.5 Å². The molecule has 4 rings (SSSR count). The van der Waals surface area contributed by atoms with Gasteiger partial charge in [-0.25, -0.2) is 4.79 Å². The first-order chi connectivity index (χ1) is 17.5. The van der Waals surface area contributed by atoms with Crippen molar-refractivity contribution in [1.29, 1.82) is 0 Å². The Morgan fingerprint density at radius 2 is 1.28 bits per heavy atom. The van der Waals surface area contributed by atoms with Gasteiger partial charge in [-0.2, -0.15) is 0 Å². The van der Waals surface area contributed by atoms with Crippen LogP contribution >= 0.6 is 11.6 Å². The lowest BCUT2D eigenvalue weighted by atomic mass is 9.67. The van der Waals surface area contributed by atoms with Gasteiger partial charge in [-0.05, 0) is 34.4 Å². The van der Waals surface area contributed by atoms with E-state index < -0.39 is 17.4 Å². The summed E-state index contributed by atoms with van der Waals surface area (Å²) in [4.78, 5) is 26.4. The second-order valence-electron chi connectivity index (χ2n) is 8.66. The maximum Gasteiger partial charge on any atom is 0.328 e. The Kier molecular flexibility index (Phi) is 8.19. The second kappa shape index (κ2) is 11.7. The number of hydrogen-bond donors (Lipinski definition) is 1. The van der Waals surface area contributed by atoms with Gasteiger partial charge in [0.05, 0.1) is 12.5 Å². The second-order valence-corrected chi connectivity index (χ2v) is 9.09. The minimum absolute atomic E-state index is 0.105. The van der Waals surface area contributed by atoms with E-state index in [1.807, 2.05) is 103 Å². The predicted octanol–water partition coefficient (Wildman–Crippen LogP) is 5.97. The van der Waals surface area contributed by atoms with Crippen molar-refractivity contribution in [2.75, 3.05) is 7.11 Å². The standard InChI is InChI=1S/C31H28ClNO3/c1-36-30(35)28(21-23-12-11-19-27(32)20-23)33-29(34)22-31(24-13-5-2-6-14-24,25-15-7-3-8-16-25)26-17-9-4-10-18-26/h2-20,28H,21-22H2,1H3,(H,33,34)/t28-/m0/s1. The molecule has 0 saturated heterocycles. The van der Waals surface area contributed by atoms with Crippen molar-refractivity contribution in [2.45, 2.75) is 24.3 Å². The normalized spacial score (nSPS) is 11.9. The first kappa shape index (κ1) is 25.2. The van der Waals surface area contributed by atoms with Gasteiger partial charge < -0.3 is 10.1 Å². The number of hydrogen-bond acceptors (Lipinski definition) is 3. The van der Waals surface area contributed by atoms with Crippen LogP contribution in [-0.4, -0.2) is 25.0 Å². The molecule has 0 saturated carbocycles. The Morgan fingerprint density at radius 3 is 1.72 bits per heavy atom. The maximum absolute atomic E-state index is 13.7. The molecule has 36 heavy (non-hydrogen) atoms.